The van der Waals surface area contributed by atoms with E-state index in [4.69, 9.17) is 12.2 Å². The van der Waals surface area contributed by atoms with Crippen LogP contribution < -0.4 is 10.6 Å². The standard InChI is InChI=1S/C8H9FN2S/c1-10-8(12)11-7-4-2-3-6(9)5-7/h2-5H,1H3,(H2,10,11,12). The minimum absolute atomic E-state index is 0.279. The summed E-state index contributed by atoms with van der Waals surface area (Å²) in [4.78, 5) is 0. The van der Waals surface area contributed by atoms with E-state index in [0.717, 1.165) is 0 Å². The van der Waals surface area contributed by atoms with E-state index in [1.807, 2.05) is 0 Å². The zero-order valence-corrected chi connectivity index (χ0v) is 7.41. The maximum absolute atomic E-state index is 12.6. The first-order valence-corrected chi connectivity index (χ1v) is 3.87. The van der Waals surface area contributed by atoms with Crippen LogP contribution in [0, 0.1) is 5.82 Å². The Bertz CT molecular complexity index is 288. The van der Waals surface area contributed by atoms with Crippen LogP contribution in [0.15, 0.2) is 24.3 Å². The van der Waals surface area contributed by atoms with Gasteiger partial charge in [0.1, 0.15) is 5.82 Å². The van der Waals surface area contributed by atoms with Crippen molar-refractivity contribution in [2.75, 3.05) is 12.4 Å². The van der Waals surface area contributed by atoms with E-state index in [9.17, 15) is 4.39 Å². The average Bonchev–Trinajstić information content (AvgIpc) is 2.04. The fourth-order valence-corrected chi connectivity index (χ4v) is 0.878. The maximum Gasteiger partial charge on any atom is 0.170 e. The van der Waals surface area contributed by atoms with Crippen LogP contribution in [-0.4, -0.2) is 12.2 Å². The summed E-state index contributed by atoms with van der Waals surface area (Å²) in [6, 6.07) is 6.12. The molecular weight excluding hydrogens is 175 g/mol. The number of hydrogen-bond donors (Lipinski definition) is 2. The molecule has 1 aromatic rings. The summed E-state index contributed by atoms with van der Waals surface area (Å²) in [7, 11) is 1.70. The van der Waals surface area contributed by atoms with E-state index in [0.29, 0.717) is 10.8 Å². The van der Waals surface area contributed by atoms with Gasteiger partial charge in [-0.05, 0) is 30.4 Å². The SMILES string of the molecule is CNC(=S)Nc1cccc(F)c1. The van der Waals surface area contributed by atoms with E-state index in [1.165, 1.54) is 12.1 Å². The van der Waals surface area contributed by atoms with E-state index in [1.54, 1.807) is 19.2 Å². The Labute approximate surface area is 75.8 Å². The molecule has 0 amide bonds. The first kappa shape index (κ1) is 8.93. The second-order valence-electron chi connectivity index (χ2n) is 2.21. The van der Waals surface area contributed by atoms with Crippen LogP contribution >= 0.6 is 12.2 Å². The van der Waals surface area contributed by atoms with Gasteiger partial charge in [-0.25, -0.2) is 4.39 Å². The smallest absolute Gasteiger partial charge is 0.170 e. The molecule has 0 spiro atoms. The molecule has 0 aliphatic carbocycles. The normalized spacial score (nSPS) is 9.17. The Morgan fingerprint density at radius 1 is 1.50 bits per heavy atom. The second kappa shape index (κ2) is 4.01. The monoisotopic (exact) mass is 184 g/mol. The van der Waals surface area contributed by atoms with Crippen molar-refractivity contribution >= 4 is 23.0 Å². The van der Waals surface area contributed by atoms with Crippen molar-refractivity contribution < 1.29 is 4.39 Å². The van der Waals surface area contributed by atoms with Gasteiger partial charge in [-0.3, -0.25) is 0 Å². The summed E-state index contributed by atoms with van der Waals surface area (Å²) in [6.07, 6.45) is 0. The lowest BCUT2D eigenvalue weighted by atomic mass is 10.3. The first-order chi connectivity index (χ1) is 5.72. The van der Waals surface area contributed by atoms with Gasteiger partial charge in [-0.1, -0.05) is 6.07 Å². The van der Waals surface area contributed by atoms with Crippen LogP contribution in [0.2, 0.25) is 0 Å². The quantitative estimate of drug-likeness (QED) is 0.650. The number of hydrogen-bond acceptors (Lipinski definition) is 1. The molecule has 1 rings (SSSR count). The lowest BCUT2D eigenvalue weighted by molar-refractivity contribution is 0.628. The number of benzene rings is 1. The number of halogens is 1. The molecule has 0 aliphatic heterocycles. The highest BCUT2D eigenvalue weighted by Gasteiger charge is 1.95. The van der Waals surface area contributed by atoms with Crippen molar-refractivity contribution in [2.45, 2.75) is 0 Å². The third-order valence-electron chi connectivity index (χ3n) is 1.31. The highest BCUT2D eigenvalue weighted by atomic mass is 32.1. The van der Waals surface area contributed by atoms with Crippen molar-refractivity contribution in [1.82, 2.24) is 5.32 Å². The van der Waals surface area contributed by atoms with Gasteiger partial charge < -0.3 is 10.6 Å². The predicted octanol–water partition coefficient (Wildman–Crippen LogP) is 1.74. The zero-order valence-electron chi connectivity index (χ0n) is 6.60. The van der Waals surface area contributed by atoms with Crippen LogP contribution in [0.25, 0.3) is 0 Å². The fourth-order valence-electron chi connectivity index (χ4n) is 0.760. The average molecular weight is 184 g/mol. The molecule has 0 atom stereocenters. The van der Waals surface area contributed by atoms with Crippen molar-refractivity contribution in [3.8, 4) is 0 Å². The topological polar surface area (TPSA) is 24.1 Å². The van der Waals surface area contributed by atoms with Gasteiger partial charge >= 0.3 is 0 Å². The number of nitrogens with one attached hydrogen (secondary N) is 2. The highest BCUT2D eigenvalue weighted by molar-refractivity contribution is 7.80. The van der Waals surface area contributed by atoms with Crippen LogP contribution in [0.3, 0.4) is 0 Å². The molecule has 0 radical (unpaired) electrons. The Morgan fingerprint density at radius 2 is 2.25 bits per heavy atom. The molecule has 2 N–H and O–H groups in total. The molecule has 64 valence electrons. The summed E-state index contributed by atoms with van der Waals surface area (Å²) in [5.74, 6) is -0.279. The molecule has 12 heavy (non-hydrogen) atoms. The second-order valence-corrected chi connectivity index (χ2v) is 2.62. The van der Waals surface area contributed by atoms with Gasteiger partial charge in [-0.15, -0.1) is 0 Å². The molecule has 4 heteroatoms. The largest absolute Gasteiger partial charge is 0.366 e. The van der Waals surface area contributed by atoms with Gasteiger partial charge in [0.2, 0.25) is 0 Å². The summed E-state index contributed by atoms with van der Waals surface area (Å²) in [5, 5.41) is 6.02. The Balaban J connectivity index is 2.69. The number of thiocarbonyl (C=S) groups is 1. The highest BCUT2D eigenvalue weighted by Crippen LogP contribution is 2.08. The number of anilines is 1. The van der Waals surface area contributed by atoms with Crippen molar-refractivity contribution in [3.05, 3.63) is 30.1 Å². The molecule has 0 bridgehead atoms. The predicted molar refractivity (Wildman–Crippen MR) is 51.7 cm³/mol. The Kier molecular flexibility index (Phi) is 2.99. The van der Waals surface area contributed by atoms with E-state index < -0.39 is 0 Å². The van der Waals surface area contributed by atoms with E-state index >= 15 is 0 Å². The van der Waals surface area contributed by atoms with E-state index in [-0.39, 0.29) is 5.82 Å². The van der Waals surface area contributed by atoms with Crippen LogP contribution in [0.1, 0.15) is 0 Å². The summed E-state index contributed by atoms with van der Waals surface area (Å²) in [5.41, 5.74) is 0.648. The zero-order chi connectivity index (χ0) is 8.97. The molecule has 0 heterocycles. The lowest BCUT2D eigenvalue weighted by Crippen LogP contribution is -2.24. The molecule has 0 unspecified atom stereocenters. The van der Waals surface area contributed by atoms with Gasteiger partial charge in [0.25, 0.3) is 0 Å². The molecule has 0 saturated carbocycles. The van der Waals surface area contributed by atoms with E-state index in [2.05, 4.69) is 10.6 Å². The molecule has 0 aliphatic rings. The van der Waals surface area contributed by atoms with Crippen LogP contribution in [0.4, 0.5) is 10.1 Å². The molecule has 0 saturated heterocycles. The molecule has 0 aromatic heterocycles. The third kappa shape index (κ3) is 2.47. The van der Waals surface area contributed by atoms with Gasteiger partial charge in [0, 0.05) is 12.7 Å². The van der Waals surface area contributed by atoms with Crippen LogP contribution in [-0.2, 0) is 0 Å². The lowest BCUT2D eigenvalue weighted by Gasteiger charge is -2.05. The van der Waals surface area contributed by atoms with Crippen molar-refractivity contribution in [1.29, 1.82) is 0 Å². The first-order valence-electron chi connectivity index (χ1n) is 3.46. The maximum atomic E-state index is 12.6. The molecule has 1 aromatic carbocycles. The van der Waals surface area contributed by atoms with Gasteiger partial charge in [0.05, 0.1) is 0 Å². The van der Waals surface area contributed by atoms with Crippen molar-refractivity contribution in [2.24, 2.45) is 0 Å². The molecule has 2 nitrogen and oxygen atoms in total. The molecule has 0 fully saturated rings. The summed E-state index contributed by atoms with van der Waals surface area (Å²) >= 11 is 4.84. The summed E-state index contributed by atoms with van der Waals surface area (Å²) in [6.45, 7) is 0. The Hall–Kier alpha value is -1.16. The van der Waals surface area contributed by atoms with Gasteiger partial charge in [0.15, 0.2) is 5.11 Å². The van der Waals surface area contributed by atoms with Gasteiger partial charge in [-0.2, -0.15) is 0 Å². The molecular formula is C8H9FN2S. The van der Waals surface area contributed by atoms with Crippen molar-refractivity contribution in [3.63, 3.8) is 0 Å². The third-order valence-corrected chi connectivity index (χ3v) is 1.62. The Morgan fingerprint density at radius 3 is 2.83 bits per heavy atom. The summed E-state index contributed by atoms with van der Waals surface area (Å²) < 4.78 is 12.6. The fraction of sp³-hybridized carbons (Fsp3) is 0.125. The minimum atomic E-state index is -0.279. The number of rotatable bonds is 1. The van der Waals surface area contributed by atoms with Crippen LogP contribution in [0.5, 0.6) is 0 Å². The minimum Gasteiger partial charge on any atom is -0.366 e.